The van der Waals surface area contributed by atoms with Gasteiger partial charge in [0.25, 0.3) is 5.91 Å². The van der Waals surface area contributed by atoms with Crippen LogP contribution in [0.3, 0.4) is 0 Å². The zero-order valence-corrected chi connectivity index (χ0v) is 21.3. The van der Waals surface area contributed by atoms with Crippen LogP contribution < -0.4 is 5.73 Å². The molecule has 186 valence electrons. The van der Waals surface area contributed by atoms with Crippen LogP contribution in [0.1, 0.15) is 55.0 Å². The molecular formula is C30H35N5O. The number of carbonyl (C=O) groups excluding carboxylic acids is 1. The number of hydrogen-bond acceptors (Lipinski definition) is 4. The third kappa shape index (κ3) is 5.89. The van der Waals surface area contributed by atoms with Crippen LogP contribution in [0.4, 0.5) is 0 Å². The van der Waals surface area contributed by atoms with Crippen molar-refractivity contribution in [2.75, 3.05) is 13.1 Å². The first kappa shape index (κ1) is 25.3. The fraction of sp³-hybridized carbons (Fsp3) is 0.300. The Morgan fingerprint density at radius 3 is 2.22 bits per heavy atom. The van der Waals surface area contributed by atoms with Gasteiger partial charge in [0.15, 0.2) is 0 Å². The summed E-state index contributed by atoms with van der Waals surface area (Å²) in [6, 6.07) is 25.3. The van der Waals surface area contributed by atoms with Gasteiger partial charge in [-0.15, -0.1) is 0 Å². The SMILES string of the molecule is CC(C)(C)[C@H](c1nc(-c2ccccn2)cn1Cc1ccccc1)N(CCCN)C(=O)c1ccccc1. The Morgan fingerprint density at radius 2 is 1.61 bits per heavy atom. The lowest BCUT2D eigenvalue weighted by atomic mass is 9.84. The molecule has 2 aromatic carbocycles. The van der Waals surface area contributed by atoms with Crippen LogP contribution in [0.15, 0.2) is 91.3 Å². The Balaban J connectivity index is 1.86. The molecular weight excluding hydrogens is 446 g/mol. The number of rotatable bonds is 9. The number of benzene rings is 2. The number of carbonyl (C=O) groups is 1. The highest BCUT2D eigenvalue weighted by Crippen LogP contribution is 2.39. The van der Waals surface area contributed by atoms with E-state index in [0.29, 0.717) is 31.6 Å². The van der Waals surface area contributed by atoms with Crippen molar-refractivity contribution in [3.05, 3.63) is 108 Å². The van der Waals surface area contributed by atoms with Crippen LogP contribution in [0.2, 0.25) is 0 Å². The molecule has 2 heterocycles. The zero-order chi connectivity index (χ0) is 25.5. The molecule has 6 heteroatoms. The van der Waals surface area contributed by atoms with Crippen molar-refractivity contribution in [1.82, 2.24) is 19.4 Å². The maximum absolute atomic E-state index is 13.9. The van der Waals surface area contributed by atoms with E-state index >= 15 is 0 Å². The lowest BCUT2D eigenvalue weighted by Gasteiger charge is -2.40. The van der Waals surface area contributed by atoms with Crippen molar-refractivity contribution < 1.29 is 4.79 Å². The van der Waals surface area contributed by atoms with E-state index in [9.17, 15) is 4.79 Å². The van der Waals surface area contributed by atoms with E-state index in [1.54, 1.807) is 6.20 Å². The Morgan fingerprint density at radius 1 is 0.944 bits per heavy atom. The lowest BCUT2D eigenvalue weighted by Crippen LogP contribution is -2.43. The van der Waals surface area contributed by atoms with Gasteiger partial charge in [-0.1, -0.05) is 75.4 Å². The van der Waals surface area contributed by atoms with E-state index < -0.39 is 0 Å². The van der Waals surface area contributed by atoms with Crippen molar-refractivity contribution >= 4 is 5.91 Å². The number of pyridine rings is 1. The highest BCUT2D eigenvalue weighted by Gasteiger charge is 2.38. The normalized spacial score (nSPS) is 12.3. The first-order valence-electron chi connectivity index (χ1n) is 12.5. The Bertz CT molecular complexity index is 1250. The van der Waals surface area contributed by atoms with Gasteiger partial charge in [-0.05, 0) is 48.2 Å². The zero-order valence-electron chi connectivity index (χ0n) is 21.3. The molecule has 0 aliphatic heterocycles. The van der Waals surface area contributed by atoms with Gasteiger partial charge < -0.3 is 15.2 Å². The molecule has 36 heavy (non-hydrogen) atoms. The van der Waals surface area contributed by atoms with E-state index in [0.717, 1.165) is 17.2 Å². The number of imidazole rings is 1. The van der Waals surface area contributed by atoms with E-state index in [2.05, 4.69) is 48.7 Å². The molecule has 0 bridgehead atoms. The summed E-state index contributed by atoms with van der Waals surface area (Å²) in [6.45, 7) is 8.18. The Labute approximate surface area is 213 Å². The van der Waals surface area contributed by atoms with Crippen molar-refractivity contribution in [3.8, 4) is 11.4 Å². The maximum atomic E-state index is 13.9. The topological polar surface area (TPSA) is 77.0 Å². The van der Waals surface area contributed by atoms with Crippen LogP contribution in [-0.2, 0) is 6.54 Å². The number of nitrogens with zero attached hydrogens (tertiary/aromatic N) is 4. The fourth-order valence-electron chi connectivity index (χ4n) is 4.54. The lowest BCUT2D eigenvalue weighted by molar-refractivity contribution is 0.0482. The first-order chi connectivity index (χ1) is 17.4. The summed E-state index contributed by atoms with van der Waals surface area (Å²) < 4.78 is 2.17. The van der Waals surface area contributed by atoms with Crippen molar-refractivity contribution in [2.45, 2.75) is 39.8 Å². The van der Waals surface area contributed by atoms with Crippen LogP contribution in [0, 0.1) is 5.41 Å². The van der Waals surface area contributed by atoms with Gasteiger partial charge in [-0.2, -0.15) is 0 Å². The second-order valence-electron chi connectivity index (χ2n) is 10.1. The smallest absolute Gasteiger partial charge is 0.254 e. The Kier molecular flexibility index (Phi) is 7.96. The minimum atomic E-state index is -0.291. The molecule has 0 aliphatic rings. The van der Waals surface area contributed by atoms with Gasteiger partial charge in [0.05, 0.1) is 11.7 Å². The summed E-state index contributed by atoms with van der Waals surface area (Å²) in [5.74, 6) is 0.825. The molecule has 0 fully saturated rings. The molecule has 2 aromatic heterocycles. The third-order valence-electron chi connectivity index (χ3n) is 6.19. The number of aromatic nitrogens is 3. The summed E-state index contributed by atoms with van der Waals surface area (Å²) in [5.41, 5.74) is 9.04. The van der Waals surface area contributed by atoms with Gasteiger partial charge >= 0.3 is 0 Å². The Hall–Kier alpha value is -3.77. The standard InChI is InChI=1S/C30H35N5O/c1-30(2,3)27(35(20-12-18-31)29(36)24-15-8-5-9-16-24)28-33-26(25-17-10-11-19-32-25)22-34(28)21-23-13-6-4-7-14-23/h4-11,13-17,19,22,27H,12,18,20-21,31H2,1-3H3/t27-/m0/s1. The largest absolute Gasteiger partial charge is 0.330 e. The van der Waals surface area contributed by atoms with Crippen LogP contribution >= 0.6 is 0 Å². The third-order valence-corrected chi connectivity index (χ3v) is 6.19. The van der Waals surface area contributed by atoms with E-state index in [1.165, 1.54) is 5.56 Å². The second-order valence-corrected chi connectivity index (χ2v) is 10.1. The average molecular weight is 482 g/mol. The predicted molar refractivity (Wildman–Crippen MR) is 144 cm³/mol. The maximum Gasteiger partial charge on any atom is 0.254 e. The number of hydrogen-bond donors (Lipinski definition) is 1. The van der Waals surface area contributed by atoms with Gasteiger partial charge in [0.1, 0.15) is 11.5 Å². The van der Waals surface area contributed by atoms with E-state index in [4.69, 9.17) is 10.7 Å². The van der Waals surface area contributed by atoms with Gasteiger partial charge in [0.2, 0.25) is 0 Å². The van der Waals surface area contributed by atoms with Gasteiger partial charge in [0, 0.05) is 31.0 Å². The summed E-state index contributed by atoms with van der Waals surface area (Å²) in [4.78, 5) is 25.5. The molecule has 4 aromatic rings. The van der Waals surface area contributed by atoms with Gasteiger partial charge in [-0.25, -0.2) is 4.98 Å². The van der Waals surface area contributed by atoms with E-state index in [-0.39, 0.29) is 17.4 Å². The minimum Gasteiger partial charge on any atom is -0.330 e. The van der Waals surface area contributed by atoms with Crippen LogP contribution in [0.5, 0.6) is 0 Å². The molecule has 1 atom stereocenters. The molecule has 6 nitrogen and oxygen atoms in total. The summed E-state index contributed by atoms with van der Waals surface area (Å²) in [6.07, 6.45) is 4.54. The molecule has 0 aliphatic carbocycles. The molecule has 0 spiro atoms. The predicted octanol–water partition coefficient (Wildman–Crippen LogP) is 5.57. The van der Waals surface area contributed by atoms with Crippen LogP contribution in [-0.4, -0.2) is 38.4 Å². The average Bonchev–Trinajstić information content (AvgIpc) is 3.29. The highest BCUT2D eigenvalue weighted by atomic mass is 16.2. The molecule has 1 amide bonds. The molecule has 0 saturated carbocycles. The summed E-state index contributed by atoms with van der Waals surface area (Å²) in [5, 5.41) is 0. The fourth-order valence-corrected chi connectivity index (χ4v) is 4.54. The summed E-state index contributed by atoms with van der Waals surface area (Å²) in [7, 11) is 0. The monoisotopic (exact) mass is 481 g/mol. The van der Waals surface area contributed by atoms with Crippen molar-refractivity contribution in [2.24, 2.45) is 11.1 Å². The van der Waals surface area contributed by atoms with Crippen LogP contribution in [0.25, 0.3) is 11.4 Å². The molecule has 2 N–H and O–H groups in total. The minimum absolute atomic E-state index is 0.0161. The number of amides is 1. The number of nitrogens with two attached hydrogens (primary N) is 1. The van der Waals surface area contributed by atoms with E-state index in [1.807, 2.05) is 71.6 Å². The molecule has 0 saturated heterocycles. The van der Waals surface area contributed by atoms with Gasteiger partial charge in [-0.3, -0.25) is 9.78 Å². The van der Waals surface area contributed by atoms with Crippen molar-refractivity contribution in [1.29, 1.82) is 0 Å². The van der Waals surface area contributed by atoms with Crippen molar-refractivity contribution in [3.63, 3.8) is 0 Å². The quantitative estimate of drug-likeness (QED) is 0.339. The first-order valence-corrected chi connectivity index (χ1v) is 12.5. The highest BCUT2D eigenvalue weighted by molar-refractivity contribution is 5.94. The molecule has 4 rings (SSSR count). The molecule has 0 unspecified atom stereocenters. The molecule has 0 radical (unpaired) electrons. The second kappa shape index (κ2) is 11.3. The summed E-state index contributed by atoms with van der Waals surface area (Å²) >= 11 is 0.